The van der Waals surface area contributed by atoms with E-state index in [0.29, 0.717) is 18.1 Å². The normalized spacial score (nSPS) is 11.9. The topological polar surface area (TPSA) is 112 Å². The van der Waals surface area contributed by atoms with Crippen LogP contribution in [-0.4, -0.2) is 32.0 Å². The number of aromatic nitrogens is 5. The van der Waals surface area contributed by atoms with Crippen LogP contribution in [0.25, 0.3) is 11.5 Å². The highest BCUT2D eigenvalue weighted by atomic mass is 19.4. The van der Waals surface area contributed by atoms with Crippen molar-refractivity contribution < 1.29 is 31.1 Å². The molecule has 0 aliphatic rings. The molecule has 4 aromatic rings. The SMILES string of the molecule is COc1ccc(Cc2c(N)nc(-c3cccc(C(F)(F)F)n3)nc2Nc2cc(C(F)(F)F)ncn2)cc1. The van der Waals surface area contributed by atoms with Crippen LogP contribution in [0.2, 0.25) is 0 Å². The number of hydrogen-bond acceptors (Lipinski definition) is 8. The number of rotatable bonds is 6. The van der Waals surface area contributed by atoms with Gasteiger partial charge in [0, 0.05) is 18.1 Å². The third kappa shape index (κ3) is 6.02. The molecule has 4 rings (SSSR count). The summed E-state index contributed by atoms with van der Waals surface area (Å²) in [4.78, 5) is 18.9. The first-order valence-corrected chi connectivity index (χ1v) is 10.4. The molecule has 8 nitrogen and oxygen atoms in total. The van der Waals surface area contributed by atoms with E-state index in [1.54, 1.807) is 24.3 Å². The van der Waals surface area contributed by atoms with E-state index in [1.807, 2.05) is 0 Å². The summed E-state index contributed by atoms with van der Waals surface area (Å²) < 4.78 is 84.1. The van der Waals surface area contributed by atoms with Gasteiger partial charge in [-0.25, -0.2) is 24.9 Å². The maximum Gasteiger partial charge on any atom is 0.433 e. The Hall–Kier alpha value is -4.49. The molecule has 3 aromatic heterocycles. The number of benzene rings is 1. The molecule has 0 saturated carbocycles. The number of nitrogen functional groups attached to an aromatic ring is 1. The number of alkyl halides is 6. The Kier molecular flexibility index (Phi) is 6.83. The first kappa shape index (κ1) is 25.6. The molecule has 0 fully saturated rings. The summed E-state index contributed by atoms with van der Waals surface area (Å²) in [5, 5.41) is 2.67. The average molecular weight is 521 g/mol. The summed E-state index contributed by atoms with van der Waals surface area (Å²) >= 11 is 0. The van der Waals surface area contributed by atoms with E-state index in [-0.39, 0.29) is 41.0 Å². The average Bonchev–Trinajstić information content (AvgIpc) is 2.85. The number of nitrogens with zero attached hydrogens (tertiary/aromatic N) is 5. The van der Waals surface area contributed by atoms with Crippen molar-refractivity contribution in [2.24, 2.45) is 0 Å². The number of nitrogens with two attached hydrogens (primary N) is 1. The van der Waals surface area contributed by atoms with Gasteiger partial charge in [-0.3, -0.25) is 0 Å². The van der Waals surface area contributed by atoms with Crippen LogP contribution < -0.4 is 15.8 Å². The number of nitrogens with one attached hydrogen (secondary N) is 1. The Morgan fingerprint density at radius 3 is 2.22 bits per heavy atom. The summed E-state index contributed by atoms with van der Waals surface area (Å²) in [6, 6.07) is 10.7. The van der Waals surface area contributed by atoms with Crippen LogP contribution in [0, 0.1) is 0 Å². The van der Waals surface area contributed by atoms with Gasteiger partial charge in [0.1, 0.15) is 46.6 Å². The van der Waals surface area contributed by atoms with Gasteiger partial charge >= 0.3 is 12.4 Å². The third-order valence-electron chi connectivity index (χ3n) is 5.05. The molecule has 37 heavy (non-hydrogen) atoms. The standard InChI is InChI=1S/C23H17F6N7O/c1-37-13-7-5-12(6-8-13)9-14-19(30)35-21(15-3-2-4-16(33-15)22(24,25)26)36-20(14)34-18-10-17(23(27,28)29)31-11-32-18/h2-8,10-11H,9H2,1H3,(H3,30,31,32,34,35,36). The summed E-state index contributed by atoms with van der Waals surface area (Å²) in [5.41, 5.74) is 4.54. The minimum absolute atomic E-state index is 0.0654. The monoisotopic (exact) mass is 521 g/mol. The van der Waals surface area contributed by atoms with Crippen LogP contribution in [0.15, 0.2) is 54.9 Å². The van der Waals surface area contributed by atoms with Crippen molar-refractivity contribution in [1.29, 1.82) is 0 Å². The number of hydrogen-bond donors (Lipinski definition) is 2. The van der Waals surface area contributed by atoms with Gasteiger partial charge in [-0.05, 0) is 29.8 Å². The molecule has 0 unspecified atom stereocenters. The fraction of sp³-hybridized carbons (Fsp3) is 0.174. The van der Waals surface area contributed by atoms with Crippen molar-refractivity contribution >= 4 is 17.5 Å². The molecule has 0 atom stereocenters. The van der Waals surface area contributed by atoms with E-state index in [4.69, 9.17) is 10.5 Å². The molecule has 192 valence electrons. The number of ether oxygens (including phenoxy) is 1. The van der Waals surface area contributed by atoms with Crippen molar-refractivity contribution in [3.63, 3.8) is 0 Å². The minimum atomic E-state index is -4.73. The summed E-state index contributed by atoms with van der Waals surface area (Å²) in [6.07, 6.45) is -8.60. The van der Waals surface area contributed by atoms with E-state index < -0.39 is 23.7 Å². The molecule has 0 amide bonds. The van der Waals surface area contributed by atoms with Crippen molar-refractivity contribution in [2.45, 2.75) is 18.8 Å². The Morgan fingerprint density at radius 2 is 1.57 bits per heavy atom. The molecule has 0 radical (unpaired) electrons. The largest absolute Gasteiger partial charge is 0.497 e. The quantitative estimate of drug-likeness (QED) is 0.329. The first-order chi connectivity index (χ1) is 17.4. The van der Waals surface area contributed by atoms with Gasteiger partial charge < -0.3 is 15.8 Å². The van der Waals surface area contributed by atoms with E-state index in [0.717, 1.165) is 17.7 Å². The highest BCUT2D eigenvalue weighted by Crippen LogP contribution is 2.33. The number of anilines is 3. The lowest BCUT2D eigenvalue weighted by atomic mass is 10.1. The molecule has 0 aliphatic heterocycles. The first-order valence-electron chi connectivity index (χ1n) is 10.4. The van der Waals surface area contributed by atoms with Crippen LogP contribution in [0.5, 0.6) is 5.75 Å². The zero-order valence-electron chi connectivity index (χ0n) is 18.9. The van der Waals surface area contributed by atoms with Gasteiger partial charge in [-0.15, -0.1) is 0 Å². The van der Waals surface area contributed by atoms with Crippen molar-refractivity contribution in [3.8, 4) is 17.3 Å². The van der Waals surface area contributed by atoms with Crippen LogP contribution >= 0.6 is 0 Å². The Labute approximate surface area is 205 Å². The smallest absolute Gasteiger partial charge is 0.433 e. The van der Waals surface area contributed by atoms with Gasteiger partial charge in [0.25, 0.3) is 0 Å². The molecule has 14 heteroatoms. The molecule has 3 heterocycles. The fourth-order valence-corrected chi connectivity index (χ4v) is 3.26. The fourth-order valence-electron chi connectivity index (χ4n) is 3.26. The van der Waals surface area contributed by atoms with Gasteiger partial charge in [-0.1, -0.05) is 18.2 Å². The predicted molar refractivity (Wildman–Crippen MR) is 121 cm³/mol. The molecule has 3 N–H and O–H groups in total. The lowest BCUT2D eigenvalue weighted by Gasteiger charge is -2.15. The molecule has 1 aromatic carbocycles. The van der Waals surface area contributed by atoms with E-state index in [9.17, 15) is 26.3 Å². The lowest BCUT2D eigenvalue weighted by Crippen LogP contribution is -2.12. The molecular weight excluding hydrogens is 504 g/mol. The lowest BCUT2D eigenvalue weighted by molar-refractivity contribution is -0.141. The van der Waals surface area contributed by atoms with Gasteiger partial charge in [-0.2, -0.15) is 26.3 Å². The molecular formula is C23H17F6N7O. The second kappa shape index (κ2) is 9.87. The van der Waals surface area contributed by atoms with Crippen molar-refractivity contribution in [1.82, 2.24) is 24.9 Å². The van der Waals surface area contributed by atoms with E-state index in [2.05, 4.69) is 30.2 Å². The zero-order valence-corrected chi connectivity index (χ0v) is 18.9. The third-order valence-corrected chi connectivity index (χ3v) is 5.05. The molecule has 0 spiro atoms. The molecule has 0 bridgehead atoms. The molecule has 0 aliphatic carbocycles. The highest BCUT2D eigenvalue weighted by Gasteiger charge is 2.34. The minimum Gasteiger partial charge on any atom is -0.497 e. The van der Waals surface area contributed by atoms with Crippen molar-refractivity contribution in [2.75, 3.05) is 18.2 Å². The second-order valence-electron chi connectivity index (χ2n) is 7.60. The van der Waals surface area contributed by atoms with E-state index >= 15 is 0 Å². The van der Waals surface area contributed by atoms with E-state index in [1.165, 1.54) is 13.2 Å². The predicted octanol–water partition coefficient (Wildman–Crippen LogP) is 5.29. The van der Waals surface area contributed by atoms with Crippen molar-refractivity contribution in [3.05, 3.63) is 77.4 Å². The Bertz CT molecular complexity index is 1410. The number of pyridine rings is 1. The Morgan fingerprint density at radius 1 is 0.865 bits per heavy atom. The number of methoxy groups -OCH3 is 1. The maximum atomic E-state index is 13.2. The molecule has 0 saturated heterocycles. The maximum absolute atomic E-state index is 13.2. The number of halogens is 6. The van der Waals surface area contributed by atoms with Crippen LogP contribution in [-0.2, 0) is 18.8 Å². The van der Waals surface area contributed by atoms with Crippen LogP contribution in [0.4, 0.5) is 43.8 Å². The van der Waals surface area contributed by atoms with Gasteiger partial charge in [0.05, 0.1) is 7.11 Å². The summed E-state index contributed by atoms with van der Waals surface area (Å²) in [7, 11) is 1.50. The highest BCUT2D eigenvalue weighted by molar-refractivity contribution is 5.67. The van der Waals surface area contributed by atoms with Crippen LogP contribution in [0.3, 0.4) is 0 Å². The van der Waals surface area contributed by atoms with Crippen LogP contribution in [0.1, 0.15) is 22.5 Å². The second-order valence-corrected chi connectivity index (χ2v) is 7.60. The van der Waals surface area contributed by atoms with Gasteiger partial charge in [0.2, 0.25) is 0 Å². The zero-order chi connectivity index (χ0) is 26.8. The summed E-state index contributed by atoms with van der Waals surface area (Å²) in [6.45, 7) is 0. The summed E-state index contributed by atoms with van der Waals surface area (Å²) in [5.74, 6) is -0.121. The van der Waals surface area contributed by atoms with Gasteiger partial charge in [0.15, 0.2) is 5.82 Å². The Balaban J connectivity index is 1.80.